The number of rotatable bonds is 2. The molecular weight excluding hydrogens is 360 g/mol. The van der Waals surface area contributed by atoms with Crippen LogP contribution in [0.3, 0.4) is 0 Å². The van der Waals surface area contributed by atoms with E-state index in [1.165, 1.54) is 0 Å². The molecule has 1 unspecified atom stereocenters. The minimum Gasteiger partial charge on any atom is -0.317 e. The second kappa shape index (κ2) is 6.49. The fourth-order valence-electron chi connectivity index (χ4n) is 4.08. The number of hydrogen-bond acceptors (Lipinski definition) is 5. The topological polar surface area (TPSA) is 95.6 Å². The van der Waals surface area contributed by atoms with Crippen LogP contribution in [0.5, 0.6) is 0 Å². The lowest BCUT2D eigenvalue weighted by molar-refractivity contribution is -0.136. The Morgan fingerprint density at radius 2 is 1.63 bits per heavy atom. The summed E-state index contributed by atoms with van der Waals surface area (Å²) in [6, 6.07) is -0.220. The molecule has 27 heavy (non-hydrogen) atoms. The first-order valence-electron chi connectivity index (χ1n) is 8.84. The summed E-state index contributed by atoms with van der Waals surface area (Å²) in [5.74, 6) is -5.88. The van der Waals surface area contributed by atoms with Gasteiger partial charge < -0.3 is 5.32 Å². The summed E-state index contributed by atoms with van der Waals surface area (Å²) in [6.45, 7) is 1.33. The number of nitrogens with one attached hydrogen (secondary N) is 2. The van der Waals surface area contributed by atoms with Gasteiger partial charge in [0.1, 0.15) is 6.04 Å². The van der Waals surface area contributed by atoms with Crippen molar-refractivity contribution in [1.29, 1.82) is 0 Å². The van der Waals surface area contributed by atoms with Crippen molar-refractivity contribution in [3.63, 3.8) is 0 Å². The van der Waals surface area contributed by atoms with Crippen molar-refractivity contribution in [2.75, 3.05) is 13.1 Å². The van der Waals surface area contributed by atoms with Crippen LogP contribution in [-0.4, -0.2) is 47.7 Å². The van der Waals surface area contributed by atoms with Gasteiger partial charge in [0.05, 0.1) is 11.1 Å². The average molecular weight is 377 g/mol. The summed E-state index contributed by atoms with van der Waals surface area (Å²) in [5, 5.41) is 5.23. The van der Waals surface area contributed by atoms with Crippen molar-refractivity contribution in [3.05, 3.63) is 34.4 Å². The first-order chi connectivity index (χ1) is 12.9. The van der Waals surface area contributed by atoms with Crippen LogP contribution in [0.15, 0.2) is 6.07 Å². The third-order valence-corrected chi connectivity index (χ3v) is 5.42. The van der Waals surface area contributed by atoms with Gasteiger partial charge in [-0.1, -0.05) is 0 Å². The number of fused-ring (bicyclic) bond motifs is 1. The van der Waals surface area contributed by atoms with E-state index in [4.69, 9.17) is 0 Å². The zero-order chi connectivity index (χ0) is 19.3. The smallest absolute Gasteiger partial charge is 0.265 e. The zero-order valence-electron chi connectivity index (χ0n) is 14.3. The van der Waals surface area contributed by atoms with Crippen molar-refractivity contribution >= 4 is 23.6 Å². The first-order valence-corrected chi connectivity index (χ1v) is 8.84. The van der Waals surface area contributed by atoms with Crippen molar-refractivity contribution in [1.82, 2.24) is 15.5 Å². The highest BCUT2D eigenvalue weighted by Gasteiger charge is 2.48. The Hall–Kier alpha value is -2.68. The summed E-state index contributed by atoms with van der Waals surface area (Å²) in [4.78, 5) is 49.9. The SMILES string of the molecule is O=C1CCC(N2C(=O)c3c(C4CCNCC4)cc(F)c(F)c3C2=O)C(=O)N1. The van der Waals surface area contributed by atoms with Gasteiger partial charge in [0.2, 0.25) is 11.8 Å². The minimum absolute atomic E-state index is 0.0388. The molecule has 1 atom stereocenters. The maximum atomic E-state index is 14.4. The highest BCUT2D eigenvalue weighted by Crippen LogP contribution is 2.38. The summed E-state index contributed by atoms with van der Waals surface area (Å²) >= 11 is 0. The largest absolute Gasteiger partial charge is 0.317 e. The molecular formula is C18H17F2N3O4. The fourth-order valence-corrected chi connectivity index (χ4v) is 4.08. The molecule has 1 aromatic carbocycles. The number of carbonyl (C=O) groups is 4. The number of carbonyl (C=O) groups excluding carboxylic acids is 4. The minimum atomic E-state index is -1.38. The fraction of sp³-hybridized carbons (Fsp3) is 0.444. The van der Waals surface area contributed by atoms with Crippen LogP contribution in [-0.2, 0) is 9.59 Å². The van der Waals surface area contributed by atoms with E-state index in [0.29, 0.717) is 36.4 Å². The predicted molar refractivity (Wildman–Crippen MR) is 87.9 cm³/mol. The zero-order valence-corrected chi connectivity index (χ0v) is 14.3. The number of benzene rings is 1. The third-order valence-electron chi connectivity index (χ3n) is 5.42. The van der Waals surface area contributed by atoms with E-state index < -0.39 is 46.9 Å². The molecule has 0 bridgehead atoms. The van der Waals surface area contributed by atoms with E-state index in [1.807, 2.05) is 0 Å². The lowest BCUT2D eigenvalue weighted by Crippen LogP contribution is -2.54. The van der Waals surface area contributed by atoms with Gasteiger partial charge in [-0.05, 0) is 49.9 Å². The van der Waals surface area contributed by atoms with E-state index >= 15 is 0 Å². The highest BCUT2D eigenvalue weighted by molar-refractivity contribution is 6.24. The van der Waals surface area contributed by atoms with Crippen LogP contribution in [0.1, 0.15) is 57.9 Å². The van der Waals surface area contributed by atoms with Gasteiger partial charge in [-0.2, -0.15) is 0 Å². The summed E-state index contributed by atoms with van der Waals surface area (Å²) in [6.07, 6.45) is 1.17. The normalized spacial score (nSPS) is 23.6. The molecule has 7 nitrogen and oxygen atoms in total. The second-order valence-electron chi connectivity index (χ2n) is 6.98. The van der Waals surface area contributed by atoms with Crippen LogP contribution in [0, 0.1) is 11.6 Å². The molecule has 2 fully saturated rings. The van der Waals surface area contributed by atoms with Gasteiger partial charge in [-0.15, -0.1) is 0 Å². The average Bonchev–Trinajstić information content (AvgIpc) is 2.90. The molecule has 0 radical (unpaired) electrons. The van der Waals surface area contributed by atoms with E-state index in [-0.39, 0.29) is 24.3 Å². The quantitative estimate of drug-likeness (QED) is 0.745. The third kappa shape index (κ3) is 2.73. The Morgan fingerprint density at radius 1 is 0.963 bits per heavy atom. The summed E-state index contributed by atoms with van der Waals surface area (Å²) in [5.41, 5.74) is -0.465. The van der Waals surface area contributed by atoms with Gasteiger partial charge >= 0.3 is 0 Å². The molecule has 142 valence electrons. The Morgan fingerprint density at radius 3 is 2.30 bits per heavy atom. The van der Waals surface area contributed by atoms with E-state index in [2.05, 4.69) is 10.6 Å². The van der Waals surface area contributed by atoms with E-state index in [0.717, 1.165) is 6.07 Å². The molecule has 4 amide bonds. The van der Waals surface area contributed by atoms with Crippen molar-refractivity contribution < 1.29 is 28.0 Å². The van der Waals surface area contributed by atoms with Crippen LogP contribution in [0.25, 0.3) is 0 Å². The Labute approximate surface area is 153 Å². The molecule has 9 heteroatoms. The Bertz CT molecular complexity index is 880. The van der Waals surface area contributed by atoms with Crippen LogP contribution in [0.4, 0.5) is 8.78 Å². The number of halogens is 2. The van der Waals surface area contributed by atoms with Crippen molar-refractivity contribution in [2.24, 2.45) is 0 Å². The summed E-state index contributed by atoms with van der Waals surface area (Å²) in [7, 11) is 0. The molecule has 3 heterocycles. The van der Waals surface area contributed by atoms with Crippen LogP contribution in [0.2, 0.25) is 0 Å². The van der Waals surface area contributed by atoms with Crippen molar-refractivity contribution in [2.45, 2.75) is 37.6 Å². The molecule has 2 saturated heterocycles. The van der Waals surface area contributed by atoms with Gasteiger partial charge in [-0.25, -0.2) is 8.78 Å². The molecule has 3 aliphatic rings. The van der Waals surface area contributed by atoms with E-state index in [1.54, 1.807) is 0 Å². The molecule has 4 rings (SSSR count). The molecule has 1 aromatic rings. The monoisotopic (exact) mass is 377 g/mol. The lowest BCUT2D eigenvalue weighted by Gasteiger charge is -2.28. The molecule has 0 aromatic heterocycles. The first kappa shape index (κ1) is 17.7. The lowest BCUT2D eigenvalue weighted by atomic mass is 9.85. The maximum Gasteiger partial charge on any atom is 0.265 e. The van der Waals surface area contributed by atoms with Gasteiger partial charge in [0, 0.05) is 6.42 Å². The molecule has 3 aliphatic heterocycles. The molecule has 0 spiro atoms. The molecule has 0 saturated carbocycles. The number of hydrogen-bond donors (Lipinski definition) is 2. The van der Waals surface area contributed by atoms with Crippen molar-refractivity contribution in [3.8, 4) is 0 Å². The highest BCUT2D eigenvalue weighted by atomic mass is 19.2. The maximum absolute atomic E-state index is 14.4. The van der Waals surface area contributed by atoms with Gasteiger partial charge in [0.15, 0.2) is 11.6 Å². The van der Waals surface area contributed by atoms with Gasteiger partial charge in [-0.3, -0.25) is 29.4 Å². The Kier molecular flexibility index (Phi) is 4.26. The predicted octanol–water partition coefficient (Wildman–Crippen LogP) is 0.833. The number of piperidine rings is 2. The van der Waals surface area contributed by atoms with Crippen LogP contribution < -0.4 is 10.6 Å². The molecule has 0 aliphatic carbocycles. The number of imide groups is 2. The summed E-state index contributed by atoms with van der Waals surface area (Å²) < 4.78 is 28.6. The second-order valence-corrected chi connectivity index (χ2v) is 6.98. The standard InChI is InChI=1S/C18H17F2N3O4/c19-10-7-9(8-3-5-21-6-4-8)13-14(15(10)20)18(27)23(17(13)26)11-1-2-12(24)22-16(11)25/h7-8,11,21H,1-6H2,(H,22,24,25). The van der Waals surface area contributed by atoms with E-state index in [9.17, 15) is 28.0 Å². The molecule has 2 N–H and O–H groups in total. The number of amides is 4. The van der Waals surface area contributed by atoms with Gasteiger partial charge in [0.25, 0.3) is 11.8 Å². The van der Waals surface area contributed by atoms with Crippen LogP contribution >= 0.6 is 0 Å². The Balaban J connectivity index is 1.79. The number of nitrogens with zero attached hydrogens (tertiary/aromatic N) is 1.